The third-order valence-corrected chi connectivity index (χ3v) is 5.70. The van der Waals surface area contributed by atoms with Crippen LogP contribution in [-0.2, 0) is 10.0 Å². The molecule has 0 saturated heterocycles. The van der Waals surface area contributed by atoms with E-state index in [2.05, 4.69) is 0 Å². The Bertz CT molecular complexity index is 538. The van der Waals surface area contributed by atoms with Crippen LogP contribution in [0.2, 0.25) is 0 Å². The summed E-state index contributed by atoms with van der Waals surface area (Å²) in [7, 11) is -1.60. The van der Waals surface area contributed by atoms with Crippen LogP contribution in [0.4, 0.5) is 5.69 Å². The summed E-state index contributed by atoms with van der Waals surface area (Å²) in [6, 6.07) is 7.00. The number of hydrogen-bond acceptors (Lipinski definition) is 4. The average molecular weight is 298 g/mol. The van der Waals surface area contributed by atoms with Crippen LogP contribution in [0.25, 0.3) is 0 Å². The molecule has 0 radical (unpaired) electrons. The first-order chi connectivity index (χ1) is 9.40. The minimum atomic E-state index is -3.26. The molecule has 0 amide bonds. The Kier molecular flexibility index (Phi) is 4.55. The predicted molar refractivity (Wildman–Crippen MR) is 80.1 cm³/mol. The molecule has 1 atom stereocenters. The molecule has 0 bridgehead atoms. The lowest BCUT2D eigenvalue weighted by Gasteiger charge is -2.24. The van der Waals surface area contributed by atoms with Crippen LogP contribution in [0.3, 0.4) is 0 Å². The zero-order valence-corrected chi connectivity index (χ0v) is 12.8. The third kappa shape index (κ3) is 3.86. The maximum Gasteiger partial charge on any atom is 0.217 e. The van der Waals surface area contributed by atoms with Crippen molar-refractivity contribution in [2.45, 2.75) is 25.8 Å². The molecule has 2 N–H and O–H groups in total. The van der Waals surface area contributed by atoms with Crippen molar-refractivity contribution in [2.24, 2.45) is 5.92 Å². The standard InChI is InChI=1S/C14H22N2O3S/c1-11(12-3-4-12)16(2)20(17,18)10-9-19-14-7-5-13(15)6-8-14/h5-8,11-12H,3-4,9-10,15H2,1-2H3. The normalized spacial score (nSPS) is 17.1. The molecular weight excluding hydrogens is 276 g/mol. The van der Waals surface area contributed by atoms with E-state index in [1.54, 1.807) is 31.3 Å². The van der Waals surface area contributed by atoms with Gasteiger partial charge in [0.05, 0.1) is 5.75 Å². The maximum absolute atomic E-state index is 12.2. The van der Waals surface area contributed by atoms with Gasteiger partial charge in [-0.1, -0.05) is 0 Å². The molecule has 0 spiro atoms. The summed E-state index contributed by atoms with van der Waals surface area (Å²) >= 11 is 0. The van der Waals surface area contributed by atoms with Gasteiger partial charge >= 0.3 is 0 Å². The first-order valence-corrected chi connectivity index (χ1v) is 8.45. The van der Waals surface area contributed by atoms with Gasteiger partial charge in [-0.05, 0) is 49.9 Å². The van der Waals surface area contributed by atoms with Crippen molar-refractivity contribution in [2.75, 3.05) is 25.1 Å². The van der Waals surface area contributed by atoms with Crippen molar-refractivity contribution in [3.63, 3.8) is 0 Å². The molecule has 20 heavy (non-hydrogen) atoms. The number of nitrogens with two attached hydrogens (primary N) is 1. The van der Waals surface area contributed by atoms with Gasteiger partial charge in [-0.25, -0.2) is 12.7 Å². The number of rotatable bonds is 7. The number of nitrogens with zero attached hydrogens (tertiary/aromatic N) is 1. The van der Waals surface area contributed by atoms with Crippen LogP contribution in [0.15, 0.2) is 24.3 Å². The van der Waals surface area contributed by atoms with Gasteiger partial charge in [0.1, 0.15) is 12.4 Å². The minimum Gasteiger partial charge on any atom is -0.492 e. The highest BCUT2D eigenvalue weighted by Crippen LogP contribution is 2.35. The Hall–Kier alpha value is -1.27. The quantitative estimate of drug-likeness (QED) is 0.778. The minimum absolute atomic E-state index is 0.00899. The van der Waals surface area contributed by atoms with Crippen LogP contribution in [0.5, 0.6) is 5.75 Å². The molecule has 0 aliphatic heterocycles. The first kappa shape index (κ1) is 15.1. The van der Waals surface area contributed by atoms with Gasteiger partial charge in [-0.15, -0.1) is 0 Å². The van der Waals surface area contributed by atoms with E-state index in [4.69, 9.17) is 10.5 Å². The molecule has 0 heterocycles. The molecular formula is C14H22N2O3S. The monoisotopic (exact) mass is 298 g/mol. The molecule has 0 aromatic heterocycles. The number of hydrogen-bond donors (Lipinski definition) is 1. The summed E-state index contributed by atoms with van der Waals surface area (Å²) in [6.45, 7) is 2.12. The molecule has 1 fully saturated rings. The summed E-state index contributed by atoms with van der Waals surface area (Å²) in [4.78, 5) is 0. The van der Waals surface area contributed by atoms with E-state index in [-0.39, 0.29) is 18.4 Å². The smallest absolute Gasteiger partial charge is 0.217 e. The van der Waals surface area contributed by atoms with E-state index in [0.29, 0.717) is 17.4 Å². The number of sulfonamides is 1. The molecule has 5 nitrogen and oxygen atoms in total. The number of anilines is 1. The van der Waals surface area contributed by atoms with Crippen LogP contribution in [0, 0.1) is 5.92 Å². The molecule has 1 saturated carbocycles. The lowest BCUT2D eigenvalue weighted by molar-refractivity contribution is 0.325. The molecule has 1 aliphatic carbocycles. The van der Waals surface area contributed by atoms with Crippen LogP contribution in [-0.4, -0.2) is 38.2 Å². The van der Waals surface area contributed by atoms with E-state index < -0.39 is 10.0 Å². The lowest BCUT2D eigenvalue weighted by atomic mass is 10.2. The fourth-order valence-corrected chi connectivity index (χ4v) is 3.36. The maximum atomic E-state index is 12.2. The van der Waals surface area contributed by atoms with Gasteiger partial charge in [0, 0.05) is 18.8 Å². The van der Waals surface area contributed by atoms with Gasteiger partial charge in [0.2, 0.25) is 10.0 Å². The molecule has 112 valence electrons. The third-order valence-electron chi connectivity index (χ3n) is 3.81. The predicted octanol–water partition coefficient (Wildman–Crippen LogP) is 1.71. The lowest BCUT2D eigenvalue weighted by Crippen LogP contribution is -2.39. The van der Waals surface area contributed by atoms with Crippen molar-refractivity contribution >= 4 is 15.7 Å². The van der Waals surface area contributed by atoms with E-state index in [0.717, 1.165) is 12.8 Å². The Morgan fingerprint density at radius 3 is 2.50 bits per heavy atom. The summed E-state index contributed by atoms with van der Waals surface area (Å²) < 4.78 is 31.3. The number of ether oxygens (including phenoxy) is 1. The van der Waals surface area contributed by atoms with Crippen molar-refractivity contribution in [1.82, 2.24) is 4.31 Å². The van der Waals surface area contributed by atoms with E-state index in [9.17, 15) is 8.42 Å². The largest absolute Gasteiger partial charge is 0.492 e. The van der Waals surface area contributed by atoms with Crippen molar-refractivity contribution < 1.29 is 13.2 Å². The van der Waals surface area contributed by atoms with Crippen molar-refractivity contribution in [1.29, 1.82) is 0 Å². The van der Waals surface area contributed by atoms with Gasteiger partial charge in [0.15, 0.2) is 0 Å². The van der Waals surface area contributed by atoms with Crippen LogP contribution in [0.1, 0.15) is 19.8 Å². The van der Waals surface area contributed by atoms with E-state index in [1.807, 2.05) is 6.92 Å². The fourth-order valence-electron chi connectivity index (χ4n) is 2.10. The highest BCUT2D eigenvalue weighted by molar-refractivity contribution is 7.89. The Labute approximate surface area is 120 Å². The summed E-state index contributed by atoms with van der Waals surface area (Å²) in [5.41, 5.74) is 6.23. The Morgan fingerprint density at radius 1 is 1.35 bits per heavy atom. The van der Waals surface area contributed by atoms with Crippen molar-refractivity contribution in [3.8, 4) is 5.75 Å². The van der Waals surface area contributed by atoms with Crippen molar-refractivity contribution in [3.05, 3.63) is 24.3 Å². The van der Waals surface area contributed by atoms with Gasteiger partial charge in [-0.3, -0.25) is 0 Å². The van der Waals surface area contributed by atoms with Gasteiger partial charge in [0.25, 0.3) is 0 Å². The summed E-state index contributed by atoms with van der Waals surface area (Å²) in [6.07, 6.45) is 2.26. The molecule has 1 aromatic rings. The number of nitrogen functional groups attached to an aromatic ring is 1. The van der Waals surface area contributed by atoms with Gasteiger partial charge < -0.3 is 10.5 Å². The van der Waals surface area contributed by atoms with Crippen LogP contribution < -0.4 is 10.5 Å². The zero-order chi connectivity index (χ0) is 14.8. The second-order valence-electron chi connectivity index (χ2n) is 5.33. The zero-order valence-electron chi connectivity index (χ0n) is 12.0. The summed E-state index contributed by atoms with van der Waals surface area (Å²) in [5, 5.41) is 0. The highest BCUT2D eigenvalue weighted by atomic mass is 32.2. The molecule has 1 unspecified atom stereocenters. The molecule has 2 rings (SSSR count). The first-order valence-electron chi connectivity index (χ1n) is 6.84. The van der Waals surface area contributed by atoms with E-state index >= 15 is 0 Å². The molecule has 1 aliphatic rings. The number of benzene rings is 1. The Morgan fingerprint density at radius 2 is 1.95 bits per heavy atom. The van der Waals surface area contributed by atoms with E-state index in [1.165, 1.54) is 4.31 Å². The fraction of sp³-hybridized carbons (Fsp3) is 0.571. The van der Waals surface area contributed by atoms with Gasteiger partial charge in [-0.2, -0.15) is 0 Å². The molecule has 6 heteroatoms. The van der Waals surface area contributed by atoms with Crippen LogP contribution >= 0.6 is 0 Å². The highest BCUT2D eigenvalue weighted by Gasteiger charge is 2.35. The second kappa shape index (κ2) is 6.01. The molecule has 1 aromatic carbocycles. The summed E-state index contributed by atoms with van der Waals surface area (Å²) in [5.74, 6) is 1.14. The SMILES string of the molecule is CC(C1CC1)N(C)S(=O)(=O)CCOc1ccc(N)cc1. The second-order valence-corrected chi connectivity index (χ2v) is 7.48. The Balaban J connectivity index is 1.84. The topological polar surface area (TPSA) is 72.6 Å². The average Bonchev–Trinajstić information content (AvgIpc) is 3.23.